The van der Waals surface area contributed by atoms with Crippen molar-refractivity contribution in [2.24, 2.45) is 0 Å². The van der Waals surface area contributed by atoms with E-state index in [-0.39, 0.29) is 0 Å². The predicted octanol–water partition coefficient (Wildman–Crippen LogP) is 1.78. The first-order valence-electron chi connectivity index (χ1n) is 5.03. The second kappa shape index (κ2) is 4.37. The van der Waals surface area contributed by atoms with E-state index in [1.54, 1.807) is 6.26 Å². The zero-order chi connectivity index (χ0) is 9.80. The van der Waals surface area contributed by atoms with Crippen molar-refractivity contribution in [3.63, 3.8) is 0 Å². The average Bonchev–Trinajstić information content (AvgIpc) is 2.72. The third kappa shape index (κ3) is 1.85. The third-order valence-corrected chi connectivity index (χ3v) is 2.70. The van der Waals surface area contributed by atoms with E-state index in [9.17, 15) is 0 Å². The quantitative estimate of drug-likeness (QED) is 0.686. The van der Waals surface area contributed by atoms with Crippen LogP contribution in [0.3, 0.4) is 0 Å². The van der Waals surface area contributed by atoms with Crippen LogP contribution in [0.5, 0.6) is 0 Å². The fraction of sp³-hybridized carbons (Fsp3) is 0.600. The Morgan fingerprint density at radius 3 is 3.29 bits per heavy atom. The van der Waals surface area contributed by atoms with Crippen LogP contribution in [0.2, 0.25) is 0 Å². The largest absolute Gasteiger partial charge is 0.345 e. The van der Waals surface area contributed by atoms with Crippen LogP contribution in [-0.4, -0.2) is 28.4 Å². The highest BCUT2D eigenvalue weighted by Crippen LogP contribution is 2.28. The zero-order valence-electron chi connectivity index (χ0n) is 8.22. The van der Waals surface area contributed by atoms with Gasteiger partial charge in [0, 0.05) is 11.8 Å². The first-order chi connectivity index (χ1) is 6.92. The number of hydrogen-bond donors (Lipinski definition) is 0. The van der Waals surface area contributed by atoms with Gasteiger partial charge in [0.15, 0.2) is 0 Å². The molecule has 0 spiro atoms. The summed E-state index contributed by atoms with van der Waals surface area (Å²) in [6.45, 7) is 5.80. The highest BCUT2D eigenvalue weighted by Gasteiger charge is 2.25. The van der Waals surface area contributed by atoms with Crippen LogP contribution in [0.1, 0.15) is 31.0 Å². The van der Waals surface area contributed by atoms with E-state index >= 15 is 0 Å². The molecule has 1 aromatic rings. The van der Waals surface area contributed by atoms with E-state index < -0.39 is 0 Å². The minimum Gasteiger partial charge on any atom is -0.345 e. The number of rotatable bonds is 3. The molecule has 0 amide bonds. The standard InChI is InChI=1S/C10H15N3O/c1-2-6-13-7-4-3-5-10(13)9-8-14-12-11-9/h2,8,10H,1,3-7H2. The van der Waals surface area contributed by atoms with E-state index in [0.29, 0.717) is 6.04 Å². The summed E-state index contributed by atoms with van der Waals surface area (Å²) in [5.41, 5.74) is 0.951. The van der Waals surface area contributed by atoms with Crippen LogP contribution in [0.4, 0.5) is 0 Å². The third-order valence-electron chi connectivity index (χ3n) is 2.70. The molecule has 14 heavy (non-hydrogen) atoms. The monoisotopic (exact) mass is 193 g/mol. The van der Waals surface area contributed by atoms with Crippen molar-refractivity contribution >= 4 is 0 Å². The van der Waals surface area contributed by atoms with Gasteiger partial charge in [-0.1, -0.05) is 12.5 Å². The van der Waals surface area contributed by atoms with Gasteiger partial charge in [0.05, 0.1) is 6.04 Å². The van der Waals surface area contributed by atoms with Crippen molar-refractivity contribution in [2.45, 2.75) is 25.3 Å². The molecule has 1 atom stereocenters. The molecule has 0 aromatic carbocycles. The van der Waals surface area contributed by atoms with Crippen molar-refractivity contribution in [3.05, 3.63) is 24.6 Å². The van der Waals surface area contributed by atoms with Gasteiger partial charge in [0.25, 0.3) is 0 Å². The molecule has 1 fully saturated rings. The molecule has 0 radical (unpaired) electrons. The Kier molecular flexibility index (Phi) is 2.93. The molecule has 0 saturated carbocycles. The SMILES string of the molecule is C=CCN1CCCCC1c1conn1. The van der Waals surface area contributed by atoms with Gasteiger partial charge >= 0.3 is 0 Å². The fourth-order valence-electron chi connectivity index (χ4n) is 2.03. The Morgan fingerprint density at radius 2 is 2.57 bits per heavy atom. The first-order valence-corrected chi connectivity index (χ1v) is 5.03. The lowest BCUT2D eigenvalue weighted by molar-refractivity contribution is 0.162. The van der Waals surface area contributed by atoms with E-state index in [1.807, 2.05) is 6.08 Å². The molecular weight excluding hydrogens is 178 g/mol. The molecule has 1 aliphatic heterocycles. The van der Waals surface area contributed by atoms with Gasteiger partial charge in [-0.2, -0.15) is 0 Å². The molecule has 1 unspecified atom stereocenters. The van der Waals surface area contributed by atoms with Gasteiger partial charge in [-0.05, 0) is 19.4 Å². The molecule has 76 valence electrons. The van der Waals surface area contributed by atoms with Gasteiger partial charge < -0.3 is 4.52 Å². The van der Waals surface area contributed by atoms with Crippen LogP contribution in [0, 0.1) is 0 Å². The summed E-state index contributed by atoms with van der Waals surface area (Å²) >= 11 is 0. The van der Waals surface area contributed by atoms with Crippen LogP contribution in [-0.2, 0) is 0 Å². The van der Waals surface area contributed by atoms with Crippen molar-refractivity contribution in [1.82, 2.24) is 15.3 Å². The van der Waals surface area contributed by atoms with Gasteiger partial charge in [-0.3, -0.25) is 4.90 Å². The second-order valence-electron chi connectivity index (χ2n) is 3.62. The molecule has 2 rings (SSSR count). The molecule has 4 nitrogen and oxygen atoms in total. The molecule has 0 aliphatic carbocycles. The lowest BCUT2D eigenvalue weighted by Crippen LogP contribution is -2.33. The van der Waals surface area contributed by atoms with Crippen molar-refractivity contribution in [3.8, 4) is 0 Å². The molecule has 1 aliphatic rings. The van der Waals surface area contributed by atoms with Crippen LogP contribution in [0.25, 0.3) is 0 Å². The smallest absolute Gasteiger partial charge is 0.149 e. The maximum Gasteiger partial charge on any atom is 0.149 e. The molecule has 1 saturated heterocycles. The Labute approximate surface area is 83.6 Å². The Balaban J connectivity index is 2.10. The molecule has 1 aromatic heterocycles. The number of nitrogens with zero attached hydrogens (tertiary/aromatic N) is 3. The van der Waals surface area contributed by atoms with Gasteiger partial charge in [-0.15, -0.1) is 11.7 Å². The lowest BCUT2D eigenvalue weighted by atomic mass is 10.00. The van der Waals surface area contributed by atoms with Crippen molar-refractivity contribution in [1.29, 1.82) is 0 Å². The van der Waals surface area contributed by atoms with Crippen molar-refractivity contribution in [2.75, 3.05) is 13.1 Å². The summed E-state index contributed by atoms with van der Waals surface area (Å²) in [5, 5.41) is 7.49. The van der Waals surface area contributed by atoms with Crippen LogP contribution < -0.4 is 0 Å². The van der Waals surface area contributed by atoms with E-state index in [1.165, 1.54) is 12.8 Å². The minimum atomic E-state index is 0.369. The number of hydrogen-bond acceptors (Lipinski definition) is 4. The minimum absolute atomic E-state index is 0.369. The molecule has 2 heterocycles. The first kappa shape index (κ1) is 9.40. The summed E-state index contributed by atoms with van der Waals surface area (Å²) in [6, 6.07) is 0.369. The topological polar surface area (TPSA) is 42.2 Å². The van der Waals surface area contributed by atoms with Gasteiger partial charge in [0.2, 0.25) is 0 Å². The lowest BCUT2D eigenvalue weighted by Gasteiger charge is -2.33. The van der Waals surface area contributed by atoms with Crippen LogP contribution in [0.15, 0.2) is 23.4 Å². The Morgan fingerprint density at radius 1 is 1.64 bits per heavy atom. The van der Waals surface area contributed by atoms with Gasteiger partial charge in [0.1, 0.15) is 12.0 Å². The fourth-order valence-corrected chi connectivity index (χ4v) is 2.03. The average molecular weight is 193 g/mol. The maximum atomic E-state index is 4.78. The number of aromatic nitrogens is 2. The summed E-state index contributed by atoms with van der Waals surface area (Å²) in [5.74, 6) is 0. The normalized spacial score (nSPS) is 23.6. The molecule has 4 heteroatoms. The van der Waals surface area contributed by atoms with Crippen molar-refractivity contribution < 1.29 is 4.52 Å². The summed E-state index contributed by atoms with van der Waals surface area (Å²) in [4.78, 5) is 2.37. The predicted molar refractivity (Wildman–Crippen MR) is 52.7 cm³/mol. The Hall–Kier alpha value is -1.16. The van der Waals surface area contributed by atoms with Crippen LogP contribution >= 0.6 is 0 Å². The summed E-state index contributed by atoms with van der Waals surface area (Å²) < 4.78 is 4.78. The highest BCUT2D eigenvalue weighted by atomic mass is 16.5. The molecular formula is C10H15N3O. The second-order valence-corrected chi connectivity index (χ2v) is 3.62. The maximum absolute atomic E-state index is 4.78. The Bertz CT molecular complexity index is 284. The highest BCUT2D eigenvalue weighted by molar-refractivity contribution is 5.01. The van der Waals surface area contributed by atoms with Gasteiger partial charge in [-0.25, -0.2) is 0 Å². The number of piperidine rings is 1. The summed E-state index contributed by atoms with van der Waals surface area (Å²) in [6.07, 6.45) is 7.24. The summed E-state index contributed by atoms with van der Waals surface area (Å²) in [7, 11) is 0. The van der Waals surface area contributed by atoms with E-state index in [2.05, 4.69) is 21.8 Å². The molecule has 0 bridgehead atoms. The van der Waals surface area contributed by atoms with E-state index in [4.69, 9.17) is 4.52 Å². The number of likely N-dealkylation sites (tertiary alicyclic amines) is 1. The molecule has 0 N–H and O–H groups in total. The van der Waals surface area contributed by atoms with E-state index in [0.717, 1.165) is 25.2 Å². The zero-order valence-corrected chi connectivity index (χ0v) is 8.22.